The van der Waals surface area contributed by atoms with Gasteiger partial charge >= 0.3 is 0 Å². The smallest absolute Gasteiger partial charge is 0.227 e. The fourth-order valence-electron chi connectivity index (χ4n) is 1.71. The van der Waals surface area contributed by atoms with Gasteiger partial charge in [0.05, 0.1) is 15.7 Å². The molecule has 3 aromatic rings. The standard InChI is InChI=1S/C13H9BrN4/c14-9-7-16-13(17-8-9)18-12-5-1-4-11-10(12)3-2-6-15-11/h1-8H,(H,16,17,18). The maximum absolute atomic E-state index is 4.31. The van der Waals surface area contributed by atoms with E-state index in [-0.39, 0.29) is 0 Å². The first-order valence-electron chi connectivity index (χ1n) is 5.41. The zero-order valence-corrected chi connectivity index (χ0v) is 10.9. The molecule has 2 aromatic heterocycles. The number of hydrogen-bond acceptors (Lipinski definition) is 4. The molecule has 0 aliphatic rings. The average molecular weight is 301 g/mol. The molecular formula is C13H9BrN4. The van der Waals surface area contributed by atoms with Gasteiger partial charge in [0, 0.05) is 24.0 Å². The van der Waals surface area contributed by atoms with E-state index in [4.69, 9.17) is 0 Å². The van der Waals surface area contributed by atoms with Crippen LogP contribution in [0.15, 0.2) is 53.4 Å². The van der Waals surface area contributed by atoms with Crippen LogP contribution in [0.4, 0.5) is 11.6 Å². The Labute approximate surface area is 112 Å². The third-order valence-electron chi connectivity index (χ3n) is 2.51. The van der Waals surface area contributed by atoms with Gasteiger partial charge in [0.2, 0.25) is 5.95 Å². The second-order valence-electron chi connectivity index (χ2n) is 3.73. The summed E-state index contributed by atoms with van der Waals surface area (Å²) in [5.74, 6) is 0.564. The molecule has 0 saturated carbocycles. The van der Waals surface area contributed by atoms with Crippen molar-refractivity contribution in [3.8, 4) is 0 Å². The van der Waals surface area contributed by atoms with Crippen LogP contribution in [-0.4, -0.2) is 15.0 Å². The Bertz CT molecular complexity index is 677. The third-order valence-corrected chi connectivity index (χ3v) is 2.92. The summed E-state index contributed by atoms with van der Waals surface area (Å²) >= 11 is 3.31. The zero-order valence-electron chi connectivity index (χ0n) is 9.34. The highest BCUT2D eigenvalue weighted by Gasteiger charge is 2.02. The molecule has 0 bridgehead atoms. The van der Waals surface area contributed by atoms with E-state index in [0.29, 0.717) is 5.95 Å². The number of aromatic nitrogens is 3. The molecule has 0 unspecified atom stereocenters. The van der Waals surface area contributed by atoms with Crippen LogP contribution in [0.25, 0.3) is 10.9 Å². The van der Waals surface area contributed by atoms with Gasteiger partial charge in [-0.15, -0.1) is 0 Å². The van der Waals surface area contributed by atoms with Crippen molar-refractivity contribution in [2.75, 3.05) is 5.32 Å². The molecule has 88 valence electrons. The number of anilines is 2. The third kappa shape index (κ3) is 2.17. The Hall–Kier alpha value is -2.01. The molecule has 0 fully saturated rings. The Morgan fingerprint density at radius 2 is 1.78 bits per heavy atom. The number of nitrogens with one attached hydrogen (secondary N) is 1. The summed E-state index contributed by atoms with van der Waals surface area (Å²) in [5.41, 5.74) is 1.89. The van der Waals surface area contributed by atoms with Crippen molar-refractivity contribution in [2.24, 2.45) is 0 Å². The monoisotopic (exact) mass is 300 g/mol. The van der Waals surface area contributed by atoms with Crippen LogP contribution < -0.4 is 5.32 Å². The molecule has 2 heterocycles. The van der Waals surface area contributed by atoms with Crippen molar-refractivity contribution in [2.45, 2.75) is 0 Å². The molecule has 0 amide bonds. The highest BCUT2D eigenvalue weighted by Crippen LogP contribution is 2.23. The van der Waals surface area contributed by atoms with Crippen LogP contribution in [0.5, 0.6) is 0 Å². The molecule has 0 radical (unpaired) electrons. The highest BCUT2D eigenvalue weighted by molar-refractivity contribution is 9.10. The van der Waals surface area contributed by atoms with Crippen LogP contribution in [-0.2, 0) is 0 Å². The molecule has 1 N–H and O–H groups in total. The first-order valence-corrected chi connectivity index (χ1v) is 6.20. The van der Waals surface area contributed by atoms with Crippen molar-refractivity contribution in [3.05, 3.63) is 53.4 Å². The molecule has 0 saturated heterocycles. The SMILES string of the molecule is Brc1cnc(Nc2cccc3ncccc23)nc1. The number of rotatable bonds is 2. The first kappa shape index (κ1) is 11.1. The van der Waals surface area contributed by atoms with Crippen molar-refractivity contribution < 1.29 is 0 Å². The lowest BCUT2D eigenvalue weighted by Gasteiger charge is -2.07. The molecule has 0 aliphatic heterocycles. The number of hydrogen-bond donors (Lipinski definition) is 1. The predicted molar refractivity (Wildman–Crippen MR) is 74.8 cm³/mol. The maximum Gasteiger partial charge on any atom is 0.227 e. The fraction of sp³-hybridized carbons (Fsp3) is 0. The molecule has 18 heavy (non-hydrogen) atoms. The summed E-state index contributed by atoms with van der Waals surface area (Å²) in [4.78, 5) is 12.7. The van der Waals surface area contributed by atoms with Gasteiger partial charge in [0.15, 0.2) is 0 Å². The quantitative estimate of drug-likeness (QED) is 0.786. The van der Waals surface area contributed by atoms with Gasteiger partial charge in [0.25, 0.3) is 0 Å². The van der Waals surface area contributed by atoms with E-state index in [1.165, 1.54) is 0 Å². The van der Waals surface area contributed by atoms with E-state index in [2.05, 4.69) is 36.2 Å². The number of benzene rings is 1. The fourth-order valence-corrected chi connectivity index (χ4v) is 1.91. The molecule has 4 nitrogen and oxygen atoms in total. The number of nitrogens with zero attached hydrogens (tertiary/aromatic N) is 3. The minimum atomic E-state index is 0.564. The van der Waals surface area contributed by atoms with Crippen LogP contribution in [0.1, 0.15) is 0 Å². The van der Waals surface area contributed by atoms with E-state index >= 15 is 0 Å². The first-order chi connectivity index (χ1) is 8.83. The molecule has 0 atom stereocenters. The molecular weight excluding hydrogens is 292 g/mol. The van der Waals surface area contributed by atoms with E-state index in [1.807, 2.05) is 30.3 Å². The van der Waals surface area contributed by atoms with Crippen molar-refractivity contribution in [1.29, 1.82) is 0 Å². The highest BCUT2D eigenvalue weighted by atomic mass is 79.9. The van der Waals surface area contributed by atoms with Crippen molar-refractivity contribution >= 4 is 38.5 Å². The lowest BCUT2D eigenvalue weighted by atomic mass is 10.2. The summed E-state index contributed by atoms with van der Waals surface area (Å²) < 4.78 is 0.854. The van der Waals surface area contributed by atoms with Gasteiger partial charge in [0.1, 0.15) is 0 Å². The number of halogens is 1. The topological polar surface area (TPSA) is 50.7 Å². The van der Waals surface area contributed by atoms with E-state index in [1.54, 1.807) is 18.6 Å². The second-order valence-corrected chi connectivity index (χ2v) is 4.64. The zero-order chi connectivity index (χ0) is 12.4. The Balaban J connectivity index is 2.02. The van der Waals surface area contributed by atoms with Crippen molar-refractivity contribution in [3.63, 3.8) is 0 Å². The minimum Gasteiger partial charge on any atom is -0.324 e. The van der Waals surface area contributed by atoms with Gasteiger partial charge in [-0.2, -0.15) is 0 Å². The van der Waals surface area contributed by atoms with E-state index < -0.39 is 0 Å². The maximum atomic E-state index is 4.31. The molecule has 5 heteroatoms. The number of fused-ring (bicyclic) bond motifs is 1. The van der Waals surface area contributed by atoms with Crippen LogP contribution in [0.3, 0.4) is 0 Å². The van der Waals surface area contributed by atoms with Gasteiger partial charge in [-0.3, -0.25) is 4.98 Å². The summed E-state index contributed by atoms with van der Waals surface area (Å²) in [5, 5.41) is 4.24. The van der Waals surface area contributed by atoms with Gasteiger partial charge in [-0.1, -0.05) is 6.07 Å². The molecule has 3 rings (SSSR count). The van der Waals surface area contributed by atoms with Gasteiger partial charge < -0.3 is 5.32 Å². The van der Waals surface area contributed by atoms with Crippen LogP contribution >= 0.6 is 15.9 Å². The Morgan fingerprint density at radius 1 is 0.944 bits per heavy atom. The lowest BCUT2D eigenvalue weighted by molar-refractivity contribution is 1.15. The minimum absolute atomic E-state index is 0.564. The summed E-state index contributed by atoms with van der Waals surface area (Å²) in [7, 11) is 0. The van der Waals surface area contributed by atoms with Gasteiger partial charge in [-0.25, -0.2) is 9.97 Å². The normalized spacial score (nSPS) is 10.5. The predicted octanol–water partition coefficient (Wildman–Crippen LogP) is 3.53. The van der Waals surface area contributed by atoms with Gasteiger partial charge in [-0.05, 0) is 40.2 Å². The van der Waals surface area contributed by atoms with Crippen LogP contribution in [0, 0.1) is 0 Å². The van der Waals surface area contributed by atoms with E-state index in [0.717, 1.165) is 21.1 Å². The number of pyridine rings is 1. The second kappa shape index (κ2) is 4.70. The summed E-state index contributed by atoms with van der Waals surface area (Å²) in [6, 6.07) is 9.84. The largest absolute Gasteiger partial charge is 0.324 e. The summed E-state index contributed by atoms with van der Waals surface area (Å²) in [6.45, 7) is 0. The van der Waals surface area contributed by atoms with Crippen molar-refractivity contribution in [1.82, 2.24) is 15.0 Å². The Morgan fingerprint density at radius 3 is 2.61 bits per heavy atom. The summed E-state index contributed by atoms with van der Waals surface area (Å²) in [6.07, 6.45) is 5.19. The molecule has 0 spiro atoms. The Kier molecular flexibility index (Phi) is 2.90. The molecule has 1 aromatic carbocycles. The average Bonchev–Trinajstić information content (AvgIpc) is 2.42. The lowest BCUT2D eigenvalue weighted by Crippen LogP contribution is -1.97. The van der Waals surface area contributed by atoms with Crippen LogP contribution in [0.2, 0.25) is 0 Å². The molecule has 0 aliphatic carbocycles. The van der Waals surface area contributed by atoms with E-state index in [9.17, 15) is 0 Å².